The third-order valence-corrected chi connectivity index (χ3v) is 3.40. The number of hydrogen-bond acceptors (Lipinski definition) is 4. The highest BCUT2D eigenvalue weighted by molar-refractivity contribution is 6.30. The summed E-state index contributed by atoms with van der Waals surface area (Å²) in [6, 6.07) is 3.26. The molecular formula is C17H20ClNO5. The number of halogens is 1. The summed E-state index contributed by atoms with van der Waals surface area (Å²) in [5.41, 5.74) is -0.0403. The van der Waals surface area contributed by atoms with E-state index < -0.39 is 29.3 Å². The van der Waals surface area contributed by atoms with E-state index in [-0.39, 0.29) is 0 Å². The minimum Gasteiger partial charge on any atom is -0.479 e. The van der Waals surface area contributed by atoms with Gasteiger partial charge in [-0.1, -0.05) is 38.4 Å². The molecule has 6 nitrogen and oxygen atoms in total. The normalized spacial score (nSPS) is 12.7. The van der Waals surface area contributed by atoms with E-state index in [2.05, 4.69) is 10.1 Å². The van der Waals surface area contributed by atoms with Gasteiger partial charge in [-0.15, -0.1) is 0 Å². The van der Waals surface area contributed by atoms with E-state index >= 15 is 0 Å². The van der Waals surface area contributed by atoms with Crippen molar-refractivity contribution >= 4 is 35.5 Å². The van der Waals surface area contributed by atoms with E-state index in [0.717, 1.165) is 6.08 Å². The maximum atomic E-state index is 12.2. The largest absolute Gasteiger partial charge is 0.479 e. The second kappa shape index (κ2) is 7.97. The number of aliphatic carboxylic acids is 1. The molecule has 24 heavy (non-hydrogen) atoms. The van der Waals surface area contributed by atoms with Crippen molar-refractivity contribution in [1.82, 2.24) is 5.32 Å². The Morgan fingerprint density at radius 3 is 2.42 bits per heavy atom. The van der Waals surface area contributed by atoms with E-state index in [9.17, 15) is 19.5 Å². The molecule has 0 aliphatic rings. The van der Waals surface area contributed by atoms with Gasteiger partial charge in [-0.3, -0.25) is 4.79 Å². The Labute approximate surface area is 145 Å². The van der Waals surface area contributed by atoms with Gasteiger partial charge in [0, 0.05) is 16.5 Å². The number of nitrogens with one attached hydrogen (secondary N) is 1. The zero-order valence-electron chi connectivity index (χ0n) is 13.9. The van der Waals surface area contributed by atoms with E-state index in [4.69, 9.17) is 11.6 Å². The Kier molecular flexibility index (Phi) is 6.54. The predicted molar refractivity (Wildman–Crippen MR) is 90.5 cm³/mol. The second-order valence-corrected chi connectivity index (χ2v) is 6.56. The van der Waals surface area contributed by atoms with E-state index in [1.807, 2.05) is 0 Å². The van der Waals surface area contributed by atoms with Crippen molar-refractivity contribution < 1.29 is 24.2 Å². The number of carboxylic acids is 1. The molecule has 1 amide bonds. The lowest BCUT2D eigenvalue weighted by Gasteiger charge is -2.23. The molecule has 1 aromatic rings. The zero-order chi connectivity index (χ0) is 18.5. The molecule has 0 saturated carbocycles. The lowest BCUT2D eigenvalue weighted by Crippen LogP contribution is -2.40. The highest BCUT2D eigenvalue weighted by atomic mass is 35.5. The van der Waals surface area contributed by atoms with Gasteiger partial charge in [-0.25, -0.2) is 9.59 Å². The standard InChI is InChI=1S/C17H20ClNO5/c1-17(2,3)16(23)19-14(15(21)22)12-7-6-11(18)9-10(12)5-8-13(20)24-4/h5-9,14H,1-4H3,(H,19,23)(H,21,22)/b8-5+/t14-/m0/s1. The fourth-order valence-corrected chi connectivity index (χ4v) is 1.98. The minimum atomic E-state index is -1.27. The van der Waals surface area contributed by atoms with Crippen molar-refractivity contribution in [3.05, 3.63) is 40.4 Å². The number of methoxy groups -OCH3 is 1. The first-order chi connectivity index (χ1) is 11.1. The van der Waals surface area contributed by atoms with Gasteiger partial charge in [-0.2, -0.15) is 0 Å². The molecule has 1 atom stereocenters. The average molecular weight is 354 g/mol. The van der Waals surface area contributed by atoms with Crippen LogP contribution in [0.3, 0.4) is 0 Å². The first kappa shape index (κ1) is 19.7. The van der Waals surface area contributed by atoms with E-state index in [1.54, 1.807) is 20.8 Å². The number of carbonyl (C=O) groups is 3. The molecule has 0 aromatic heterocycles. The van der Waals surface area contributed by atoms with Crippen LogP contribution in [0.15, 0.2) is 24.3 Å². The van der Waals surface area contributed by atoms with Crippen LogP contribution in [-0.2, 0) is 19.1 Å². The molecular weight excluding hydrogens is 334 g/mol. The summed E-state index contributed by atoms with van der Waals surface area (Å²) in [5, 5.41) is 12.4. The Morgan fingerprint density at radius 1 is 1.29 bits per heavy atom. The second-order valence-electron chi connectivity index (χ2n) is 6.12. The molecule has 0 aliphatic carbocycles. The van der Waals surface area contributed by atoms with Crippen LogP contribution >= 0.6 is 11.6 Å². The van der Waals surface area contributed by atoms with Crippen LogP contribution in [0.4, 0.5) is 0 Å². The Bertz CT molecular complexity index is 676. The SMILES string of the molecule is COC(=O)/C=C/c1cc(Cl)ccc1[C@H](NC(=O)C(C)(C)C)C(=O)O. The number of carboxylic acid groups (broad SMARTS) is 1. The molecule has 1 rings (SSSR count). The van der Waals surface area contributed by atoms with Crippen molar-refractivity contribution in [2.45, 2.75) is 26.8 Å². The van der Waals surface area contributed by atoms with Gasteiger partial charge in [0.15, 0.2) is 6.04 Å². The van der Waals surface area contributed by atoms with Crippen LogP contribution in [0.2, 0.25) is 5.02 Å². The van der Waals surface area contributed by atoms with Gasteiger partial charge in [0.25, 0.3) is 0 Å². The number of carbonyl (C=O) groups excluding carboxylic acids is 2. The monoisotopic (exact) mass is 353 g/mol. The van der Waals surface area contributed by atoms with Crippen LogP contribution < -0.4 is 5.32 Å². The molecule has 7 heteroatoms. The molecule has 1 aromatic carbocycles. The third-order valence-electron chi connectivity index (χ3n) is 3.16. The molecule has 0 radical (unpaired) electrons. The first-order valence-corrected chi connectivity index (χ1v) is 7.53. The zero-order valence-corrected chi connectivity index (χ0v) is 14.7. The fraction of sp³-hybridized carbons (Fsp3) is 0.353. The lowest BCUT2D eigenvalue weighted by molar-refractivity contribution is -0.143. The van der Waals surface area contributed by atoms with Crippen LogP contribution in [0, 0.1) is 5.41 Å². The van der Waals surface area contributed by atoms with E-state index in [0.29, 0.717) is 16.1 Å². The number of ether oxygens (including phenoxy) is 1. The van der Waals surface area contributed by atoms with Crippen LogP contribution in [0.1, 0.15) is 37.9 Å². The first-order valence-electron chi connectivity index (χ1n) is 7.15. The van der Waals surface area contributed by atoms with Crippen LogP contribution in [0.25, 0.3) is 6.08 Å². The molecule has 0 aliphatic heterocycles. The highest BCUT2D eigenvalue weighted by Gasteiger charge is 2.29. The molecule has 130 valence electrons. The van der Waals surface area contributed by atoms with Gasteiger partial charge in [0.05, 0.1) is 7.11 Å². The van der Waals surface area contributed by atoms with Crippen LogP contribution in [-0.4, -0.2) is 30.1 Å². The van der Waals surface area contributed by atoms with Crippen molar-refractivity contribution in [1.29, 1.82) is 0 Å². The predicted octanol–water partition coefficient (Wildman–Crippen LogP) is 2.81. The molecule has 0 spiro atoms. The average Bonchev–Trinajstić information content (AvgIpc) is 2.49. The van der Waals surface area contributed by atoms with Crippen LogP contribution in [0.5, 0.6) is 0 Å². The van der Waals surface area contributed by atoms with Gasteiger partial charge < -0.3 is 15.2 Å². The summed E-state index contributed by atoms with van der Waals surface area (Å²) >= 11 is 5.94. The molecule has 0 heterocycles. The maximum absolute atomic E-state index is 12.2. The van der Waals surface area contributed by atoms with Crippen molar-refractivity contribution in [3.8, 4) is 0 Å². The van der Waals surface area contributed by atoms with Gasteiger partial charge in [0.1, 0.15) is 0 Å². The molecule has 0 unspecified atom stereocenters. The number of benzene rings is 1. The maximum Gasteiger partial charge on any atom is 0.330 e. The van der Waals surface area contributed by atoms with Crippen molar-refractivity contribution in [2.24, 2.45) is 5.41 Å². The van der Waals surface area contributed by atoms with Crippen molar-refractivity contribution in [3.63, 3.8) is 0 Å². The summed E-state index contributed by atoms with van der Waals surface area (Å²) < 4.78 is 4.51. The number of esters is 1. The Morgan fingerprint density at radius 2 is 1.92 bits per heavy atom. The summed E-state index contributed by atoms with van der Waals surface area (Å²) in [6.07, 6.45) is 2.55. The van der Waals surface area contributed by atoms with Gasteiger partial charge >= 0.3 is 11.9 Å². The lowest BCUT2D eigenvalue weighted by atomic mass is 9.93. The minimum absolute atomic E-state index is 0.310. The summed E-state index contributed by atoms with van der Waals surface area (Å²) in [7, 11) is 1.23. The Hall–Kier alpha value is -2.34. The van der Waals surface area contributed by atoms with Crippen molar-refractivity contribution in [2.75, 3.05) is 7.11 Å². The Balaban J connectivity index is 3.28. The molecule has 0 saturated heterocycles. The number of rotatable bonds is 5. The molecule has 0 bridgehead atoms. The number of hydrogen-bond donors (Lipinski definition) is 2. The summed E-state index contributed by atoms with van der Waals surface area (Å²) in [6.45, 7) is 5.05. The summed E-state index contributed by atoms with van der Waals surface area (Å²) in [5.74, 6) is -2.22. The smallest absolute Gasteiger partial charge is 0.330 e. The van der Waals surface area contributed by atoms with Gasteiger partial charge in [0.2, 0.25) is 5.91 Å². The number of amides is 1. The molecule has 0 fully saturated rings. The summed E-state index contributed by atoms with van der Waals surface area (Å²) in [4.78, 5) is 35.0. The third kappa shape index (κ3) is 5.38. The quantitative estimate of drug-likeness (QED) is 0.627. The highest BCUT2D eigenvalue weighted by Crippen LogP contribution is 2.25. The fourth-order valence-electron chi connectivity index (χ4n) is 1.80. The van der Waals surface area contributed by atoms with E-state index in [1.165, 1.54) is 31.4 Å². The van der Waals surface area contributed by atoms with Gasteiger partial charge in [-0.05, 0) is 29.3 Å². The topological polar surface area (TPSA) is 92.7 Å². The molecule has 2 N–H and O–H groups in total.